The van der Waals surface area contributed by atoms with E-state index in [2.05, 4.69) is 71.5 Å². The van der Waals surface area contributed by atoms with E-state index in [0.717, 1.165) is 55.6 Å². The van der Waals surface area contributed by atoms with E-state index in [1.165, 1.54) is 21.7 Å². The fourth-order valence-corrected chi connectivity index (χ4v) is 5.65. The number of pyridine rings is 1. The van der Waals surface area contributed by atoms with Crippen LogP contribution >= 0.6 is 0 Å². The summed E-state index contributed by atoms with van der Waals surface area (Å²) in [4.78, 5) is 0. The lowest BCUT2D eigenvalue weighted by Gasteiger charge is -2.07. The number of hydrogen-bond acceptors (Lipinski definition) is 3. The van der Waals surface area contributed by atoms with Gasteiger partial charge in [0.1, 0.15) is 22.4 Å². The standard InChI is InChI=1S/C29H23N2O3/c1-16-8-7-10-19-18-9-5-6-11-21(18)31-28-26-20-14-17(32-3)12-13-22(20)34-23(26)15-24(33-4)27(28)30(2)29(31)25(16)19/h5-15H,1-4H3/q+1. The van der Waals surface area contributed by atoms with Gasteiger partial charge in [-0.25, -0.2) is 4.57 Å². The summed E-state index contributed by atoms with van der Waals surface area (Å²) in [5, 5.41) is 5.78. The predicted octanol–water partition coefficient (Wildman–Crippen LogP) is 6.45. The van der Waals surface area contributed by atoms with Crippen LogP contribution in [0, 0.1) is 6.92 Å². The third-order valence-electron chi connectivity index (χ3n) is 7.12. The molecule has 0 N–H and O–H groups in total. The summed E-state index contributed by atoms with van der Waals surface area (Å²) in [5.74, 6) is 1.58. The van der Waals surface area contributed by atoms with Crippen LogP contribution in [0.5, 0.6) is 11.5 Å². The highest BCUT2D eigenvalue weighted by atomic mass is 16.5. The van der Waals surface area contributed by atoms with Crippen molar-refractivity contribution in [2.45, 2.75) is 6.92 Å². The number of rotatable bonds is 2. The van der Waals surface area contributed by atoms with Gasteiger partial charge in [-0.3, -0.25) is 0 Å². The molecule has 34 heavy (non-hydrogen) atoms. The molecule has 3 heterocycles. The molecule has 7 aromatic rings. The number of furan rings is 1. The second-order valence-electron chi connectivity index (χ2n) is 8.85. The molecule has 5 heteroatoms. The van der Waals surface area contributed by atoms with Gasteiger partial charge in [0, 0.05) is 22.2 Å². The molecule has 0 amide bonds. The molecule has 0 bridgehead atoms. The van der Waals surface area contributed by atoms with Crippen molar-refractivity contribution >= 4 is 60.3 Å². The maximum Gasteiger partial charge on any atom is 0.295 e. The fraction of sp³-hybridized carbons (Fsp3) is 0.138. The lowest BCUT2D eigenvalue weighted by Crippen LogP contribution is -2.28. The van der Waals surface area contributed by atoms with E-state index >= 15 is 0 Å². The summed E-state index contributed by atoms with van der Waals surface area (Å²) in [6.07, 6.45) is 0. The molecule has 5 nitrogen and oxygen atoms in total. The number of benzene rings is 4. The van der Waals surface area contributed by atoms with Gasteiger partial charge < -0.3 is 13.9 Å². The highest BCUT2D eigenvalue weighted by Gasteiger charge is 2.30. The van der Waals surface area contributed by atoms with Crippen LogP contribution < -0.4 is 14.0 Å². The predicted molar refractivity (Wildman–Crippen MR) is 136 cm³/mol. The van der Waals surface area contributed by atoms with Gasteiger partial charge >= 0.3 is 0 Å². The molecule has 3 aromatic heterocycles. The van der Waals surface area contributed by atoms with Gasteiger partial charge in [-0.15, -0.1) is 0 Å². The number of aryl methyl sites for hydroxylation is 2. The Bertz CT molecular complexity index is 1960. The minimum atomic E-state index is 0.783. The van der Waals surface area contributed by atoms with Gasteiger partial charge in [0.25, 0.3) is 5.65 Å². The number of nitrogens with zero attached hydrogens (tertiary/aromatic N) is 2. The highest BCUT2D eigenvalue weighted by Crippen LogP contribution is 2.42. The largest absolute Gasteiger partial charge is 0.497 e. The summed E-state index contributed by atoms with van der Waals surface area (Å²) in [6, 6.07) is 23.1. The SMILES string of the molecule is COc1ccc2oc3cc(OC)c4c(c3c2c1)n1c2ccccc2c2cccc(C)c2c1[n+]4C. The van der Waals surface area contributed by atoms with Crippen LogP contribution in [0.4, 0.5) is 0 Å². The Morgan fingerprint density at radius 2 is 1.62 bits per heavy atom. The number of aromatic nitrogens is 2. The maximum absolute atomic E-state index is 6.33. The molecule has 0 saturated carbocycles. The second-order valence-corrected chi connectivity index (χ2v) is 8.85. The number of imidazole rings is 1. The molecule has 166 valence electrons. The van der Waals surface area contributed by atoms with Gasteiger partial charge in [-0.05, 0) is 36.8 Å². The Labute approximate surface area is 195 Å². The third-order valence-corrected chi connectivity index (χ3v) is 7.12. The van der Waals surface area contributed by atoms with Crippen molar-refractivity contribution in [3.63, 3.8) is 0 Å². The lowest BCUT2D eigenvalue weighted by molar-refractivity contribution is -0.617. The molecule has 0 aliphatic heterocycles. The number of methoxy groups -OCH3 is 2. The first-order valence-corrected chi connectivity index (χ1v) is 11.3. The minimum absolute atomic E-state index is 0.783. The summed E-state index contributed by atoms with van der Waals surface area (Å²) < 4.78 is 22.4. The van der Waals surface area contributed by atoms with Crippen molar-refractivity contribution in [3.8, 4) is 11.5 Å². The first kappa shape index (κ1) is 19.2. The number of ether oxygens (including phenoxy) is 2. The Balaban J connectivity index is 1.91. The maximum atomic E-state index is 6.33. The van der Waals surface area contributed by atoms with Crippen molar-refractivity contribution in [1.29, 1.82) is 0 Å². The fourth-order valence-electron chi connectivity index (χ4n) is 5.65. The molecular formula is C29H23N2O3+. The van der Waals surface area contributed by atoms with Gasteiger partial charge in [0.05, 0.1) is 32.0 Å². The smallest absolute Gasteiger partial charge is 0.295 e. The number of fused-ring (bicyclic) bond motifs is 12. The third kappa shape index (κ3) is 2.26. The lowest BCUT2D eigenvalue weighted by atomic mass is 10.0. The van der Waals surface area contributed by atoms with E-state index in [9.17, 15) is 0 Å². The summed E-state index contributed by atoms with van der Waals surface area (Å²) in [5.41, 5.74) is 7.23. The van der Waals surface area contributed by atoms with Crippen molar-refractivity contribution in [2.24, 2.45) is 7.05 Å². The molecule has 4 aromatic carbocycles. The Morgan fingerprint density at radius 1 is 0.794 bits per heavy atom. The van der Waals surface area contributed by atoms with Gasteiger partial charge in [-0.2, -0.15) is 4.40 Å². The normalized spacial score (nSPS) is 12.1. The van der Waals surface area contributed by atoms with Gasteiger partial charge in [0.15, 0.2) is 11.3 Å². The van der Waals surface area contributed by atoms with Gasteiger partial charge in [-0.1, -0.05) is 36.4 Å². The van der Waals surface area contributed by atoms with E-state index in [0.29, 0.717) is 0 Å². The Hall–Kier alpha value is -4.25. The average Bonchev–Trinajstić information content (AvgIpc) is 3.38. The zero-order valence-corrected chi connectivity index (χ0v) is 19.5. The average molecular weight is 448 g/mol. The Kier molecular flexibility index (Phi) is 3.76. The van der Waals surface area contributed by atoms with Crippen LogP contribution in [0.1, 0.15) is 5.56 Å². The van der Waals surface area contributed by atoms with Crippen LogP contribution in [0.3, 0.4) is 0 Å². The molecule has 0 saturated heterocycles. The monoisotopic (exact) mass is 447 g/mol. The quantitative estimate of drug-likeness (QED) is 0.226. The summed E-state index contributed by atoms with van der Waals surface area (Å²) in [7, 11) is 5.53. The highest BCUT2D eigenvalue weighted by molar-refractivity contribution is 6.21. The van der Waals surface area contributed by atoms with Crippen molar-refractivity contribution in [2.75, 3.05) is 14.2 Å². The molecule has 0 atom stereocenters. The number of para-hydroxylation sites is 1. The van der Waals surface area contributed by atoms with Crippen LogP contribution in [0.15, 0.2) is 71.1 Å². The summed E-state index contributed by atoms with van der Waals surface area (Å²) >= 11 is 0. The molecule has 0 spiro atoms. The van der Waals surface area contributed by atoms with E-state index in [1.807, 2.05) is 18.2 Å². The zero-order chi connectivity index (χ0) is 23.1. The second kappa shape index (κ2) is 6.64. The van der Waals surface area contributed by atoms with Crippen LogP contribution in [-0.2, 0) is 7.05 Å². The van der Waals surface area contributed by atoms with Gasteiger partial charge in [0.2, 0.25) is 5.52 Å². The molecular weight excluding hydrogens is 424 g/mol. The van der Waals surface area contributed by atoms with E-state index in [-0.39, 0.29) is 0 Å². The number of hydrogen-bond donors (Lipinski definition) is 0. The van der Waals surface area contributed by atoms with E-state index in [4.69, 9.17) is 13.9 Å². The topological polar surface area (TPSA) is 39.9 Å². The van der Waals surface area contributed by atoms with E-state index in [1.54, 1.807) is 14.2 Å². The van der Waals surface area contributed by atoms with Crippen molar-refractivity contribution in [1.82, 2.24) is 4.40 Å². The van der Waals surface area contributed by atoms with Crippen molar-refractivity contribution in [3.05, 3.63) is 72.3 Å². The van der Waals surface area contributed by atoms with Crippen LogP contribution in [0.25, 0.3) is 60.3 Å². The van der Waals surface area contributed by atoms with Crippen LogP contribution in [-0.4, -0.2) is 18.6 Å². The molecule has 0 aliphatic rings. The summed E-state index contributed by atoms with van der Waals surface area (Å²) in [6.45, 7) is 2.18. The first-order chi connectivity index (χ1) is 16.6. The molecule has 0 aliphatic carbocycles. The minimum Gasteiger partial charge on any atom is -0.497 e. The molecule has 7 rings (SSSR count). The zero-order valence-electron chi connectivity index (χ0n) is 19.5. The Morgan fingerprint density at radius 3 is 2.44 bits per heavy atom. The molecule has 0 unspecified atom stereocenters. The van der Waals surface area contributed by atoms with Crippen molar-refractivity contribution < 1.29 is 18.5 Å². The van der Waals surface area contributed by atoms with E-state index < -0.39 is 0 Å². The first-order valence-electron chi connectivity index (χ1n) is 11.3. The molecule has 0 radical (unpaired) electrons. The molecule has 0 fully saturated rings. The van der Waals surface area contributed by atoms with Crippen LogP contribution in [0.2, 0.25) is 0 Å².